The molecular formula is C10H13F2NO2. The second-order valence-electron chi connectivity index (χ2n) is 3.88. The van der Waals surface area contributed by atoms with Crippen LogP contribution in [0.2, 0.25) is 0 Å². The summed E-state index contributed by atoms with van der Waals surface area (Å²) in [6, 6.07) is 1.64. The number of hydrogen-bond acceptors (Lipinski definition) is 3. The summed E-state index contributed by atoms with van der Waals surface area (Å²) >= 11 is 0. The first-order valence-electron chi connectivity index (χ1n) is 4.71. The molecule has 0 bridgehead atoms. The van der Waals surface area contributed by atoms with Crippen molar-refractivity contribution in [3.05, 3.63) is 23.7 Å². The van der Waals surface area contributed by atoms with Gasteiger partial charge in [-0.1, -0.05) is 0 Å². The van der Waals surface area contributed by atoms with Crippen LogP contribution in [-0.4, -0.2) is 19.6 Å². The Morgan fingerprint density at radius 1 is 1.60 bits per heavy atom. The third kappa shape index (κ3) is 1.38. The number of alkyl halides is 2. The van der Waals surface area contributed by atoms with Gasteiger partial charge in [0.25, 0.3) is 5.92 Å². The van der Waals surface area contributed by atoms with Crippen molar-refractivity contribution in [1.29, 1.82) is 0 Å². The summed E-state index contributed by atoms with van der Waals surface area (Å²) in [4.78, 5) is 0. The van der Waals surface area contributed by atoms with Crippen molar-refractivity contribution < 1.29 is 17.9 Å². The molecule has 0 aromatic carbocycles. The average Bonchev–Trinajstić information content (AvgIpc) is 2.59. The van der Waals surface area contributed by atoms with Gasteiger partial charge in [0.15, 0.2) is 0 Å². The molecule has 3 nitrogen and oxygen atoms in total. The van der Waals surface area contributed by atoms with Crippen LogP contribution in [0.1, 0.15) is 17.7 Å². The molecule has 0 radical (unpaired) electrons. The van der Waals surface area contributed by atoms with E-state index in [9.17, 15) is 8.78 Å². The van der Waals surface area contributed by atoms with Crippen LogP contribution < -0.4 is 5.73 Å². The molecule has 1 aliphatic rings. The van der Waals surface area contributed by atoms with Gasteiger partial charge < -0.3 is 14.9 Å². The number of ether oxygens (including phenoxy) is 1. The van der Waals surface area contributed by atoms with Crippen LogP contribution >= 0.6 is 0 Å². The minimum Gasteiger partial charge on any atom is -0.468 e. The number of methoxy groups -OCH3 is 1. The standard InChI is InChI=1S/C10H13F2NO2/c1-14-4-7-2-3-15-8(7)9(6-13)5-10(9,11)12/h2-3H,4-6,13H2,1H3. The lowest BCUT2D eigenvalue weighted by molar-refractivity contribution is 0.0826. The molecule has 15 heavy (non-hydrogen) atoms. The highest BCUT2D eigenvalue weighted by molar-refractivity contribution is 5.37. The fourth-order valence-corrected chi connectivity index (χ4v) is 1.92. The zero-order valence-electron chi connectivity index (χ0n) is 8.43. The van der Waals surface area contributed by atoms with Gasteiger partial charge in [0.2, 0.25) is 0 Å². The van der Waals surface area contributed by atoms with Gasteiger partial charge >= 0.3 is 0 Å². The predicted octanol–water partition coefficient (Wildman–Crippen LogP) is 1.66. The van der Waals surface area contributed by atoms with Crippen LogP contribution in [0.3, 0.4) is 0 Å². The minimum atomic E-state index is -2.75. The van der Waals surface area contributed by atoms with Crippen LogP contribution in [0.15, 0.2) is 16.7 Å². The molecule has 0 spiro atoms. The Hall–Kier alpha value is -0.940. The third-order valence-corrected chi connectivity index (χ3v) is 2.93. The Morgan fingerprint density at radius 3 is 2.73 bits per heavy atom. The summed E-state index contributed by atoms with van der Waals surface area (Å²) < 4.78 is 36.6. The maximum atomic E-state index is 13.3. The first kappa shape index (κ1) is 10.6. The van der Waals surface area contributed by atoms with Gasteiger partial charge in [-0.2, -0.15) is 0 Å². The molecule has 1 aliphatic carbocycles. The molecule has 1 heterocycles. The number of halogens is 2. The molecule has 1 atom stereocenters. The Labute approximate surface area is 86.2 Å². The van der Waals surface area contributed by atoms with E-state index < -0.39 is 11.3 Å². The van der Waals surface area contributed by atoms with E-state index in [0.29, 0.717) is 5.56 Å². The third-order valence-electron chi connectivity index (χ3n) is 2.93. The lowest BCUT2D eigenvalue weighted by atomic mass is 9.99. The van der Waals surface area contributed by atoms with Gasteiger partial charge in [-0.05, 0) is 6.07 Å². The van der Waals surface area contributed by atoms with Crippen molar-refractivity contribution in [1.82, 2.24) is 0 Å². The summed E-state index contributed by atoms with van der Waals surface area (Å²) in [5.41, 5.74) is 4.77. The summed E-state index contributed by atoms with van der Waals surface area (Å²) in [5, 5.41) is 0. The SMILES string of the molecule is COCc1ccoc1C1(CN)CC1(F)F. The lowest BCUT2D eigenvalue weighted by Gasteiger charge is -2.12. The first-order valence-corrected chi connectivity index (χ1v) is 4.71. The topological polar surface area (TPSA) is 48.4 Å². The number of nitrogens with two attached hydrogens (primary N) is 1. The highest BCUT2D eigenvalue weighted by Crippen LogP contribution is 2.61. The maximum Gasteiger partial charge on any atom is 0.263 e. The van der Waals surface area contributed by atoms with E-state index in [1.807, 2.05) is 0 Å². The molecule has 84 valence electrons. The Morgan fingerprint density at radius 2 is 2.27 bits per heavy atom. The summed E-state index contributed by atoms with van der Waals surface area (Å²) in [6.07, 6.45) is 1.16. The van der Waals surface area contributed by atoms with Gasteiger partial charge in [-0.3, -0.25) is 0 Å². The fraction of sp³-hybridized carbons (Fsp3) is 0.600. The average molecular weight is 217 g/mol. The van der Waals surface area contributed by atoms with Gasteiger partial charge in [0.05, 0.1) is 12.9 Å². The van der Waals surface area contributed by atoms with Crippen molar-refractivity contribution in [2.24, 2.45) is 5.73 Å². The van der Waals surface area contributed by atoms with Crippen LogP contribution in [0.5, 0.6) is 0 Å². The van der Waals surface area contributed by atoms with Gasteiger partial charge in [-0.15, -0.1) is 0 Å². The number of hydrogen-bond donors (Lipinski definition) is 1. The maximum absolute atomic E-state index is 13.3. The second-order valence-corrected chi connectivity index (χ2v) is 3.88. The molecular weight excluding hydrogens is 204 g/mol. The molecule has 5 heteroatoms. The summed E-state index contributed by atoms with van der Waals surface area (Å²) in [5.74, 6) is -2.47. The fourth-order valence-electron chi connectivity index (χ4n) is 1.92. The van der Waals surface area contributed by atoms with Crippen LogP contribution in [-0.2, 0) is 16.8 Å². The zero-order chi connectivity index (χ0) is 11.1. The van der Waals surface area contributed by atoms with E-state index in [1.165, 1.54) is 13.4 Å². The van der Waals surface area contributed by atoms with Crippen LogP contribution in [0.25, 0.3) is 0 Å². The molecule has 1 aromatic heterocycles. The highest BCUT2D eigenvalue weighted by Gasteiger charge is 2.73. The zero-order valence-corrected chi connectivity index (χ0v) is 8.43. The smallest absolute Gasteiger partial charge is 0.263 e. The largest absolute Gasteiger partial charge is 0.468 e. The van der Waals surface area contributed by atoms with E-state index >= 15 is 0 Å². The number of rotatable bonds is 4. The predicted molar refractivity (Wildman–Crippen MR) is 49.7 cm³/mol. The monoisotopic (exact) mass is 217 g/mol. The molecule has 2 rings (SSSR count). The Bertz CT molecular complexity index is 364. The van der Waals surface area contributed by atoms with Crippen molar-refractivity contribution in [3.8, 4) is 0 Å². The minimum absolute atomic E-state index is 0.107. The van der Waals surface area contributed by atoms with E-state index in [2.05, 4.69) is 0 Å². The molecule has 0 amide bonds. The molecule has 1 saturated carbocycles. The van der Waals surface area contributed by atoms with Crippen molar-refractivity contribution in [2.45, 2.75) is 24.4 Å². The Balaban J connectivity index is 2.33. The van der Waals surface area contributed by atoms with E-state index in [4.69, 9.17) is 14.9 Å². The van der Waals surface area contributed by atoms with E-state index in [0.717, 1.165) is 0 Å². The highest BCUT2D eigenvalue weighted by atomic mass is 19.3. The quantitative estimate of drug-likeness (QED) is 0.834. The van der Waals surface area contributed by atoms with E-state index in [-0.39, 0.29) is 25.3 Å². The van der Waals surface area contributed by atoms with Crippen LogP contribution in [0, 0.1) is 0 Å². The second kappa shape index (κ2) is 3.28. The molecule has 1 unspecified atom stereocenters. The summed E-state index contributed by atoms with van der Waals surface area (Å²) in [7, 11) is 1.51. The molecule has 0 aliphatic heterocycles. The molecule has 2 N–H and O–H groups in total. The Kier molecular flexibility index (Phi) is 2.31. The number of furan rings is 1. The normalized spacial score (nSPS) is 28.0. The van der Waals surface area contributed by atoms with Crippen molar-refractivity contribution in [3.63, 3.8) is 0 Å². The lowest BCUT2D eigenvalue weighted by Crippen LogP contribution is -2.27. The van der Waals surface area contributed by atoms with Crippen molar-refractivity contribution in [2.75, 3.05) is 13.7 Å². The molecule has 0 saturated heterocycles. The van der Waals surface area contributed by atoms with E-state index in [1.54, 1.807) is 6.07 Å². The van der Waals surface area contributed by atoms with Crippen LogP contribution in [0.4, 0.5) is 8.78 Å². The van der Waals surface area contributed by atoms with Gasteiger partial charge in [0, 0.05) is 25.6 Å². The van der Waals surface area contributed by atoms with Gasteiger partial charge in [-0.25, -0.2) is 8.78 Å². The molecule has 1 aromatic rings. The summed E-state index contributed by atoms with van der Waals surface area (Å²) in [6.45, 7) is 0.161. The molecule has 1 fully saturated rings. The van der Waals surface area contributed by atoms with Gasteiger partial charge in [0.1, 0.15) is 11.2 Å². The first-order chi connectivity index (χ1) is 7.07. The van der Waals surface area contributed by atoms with Crippen molar-refractivity contribution >= 4 is 0 Å².